The number of carboxylic acid groups (broad SMARTS) is 1. The Balaban J connectivity index is 2.35. The van der Waals surface area contributed by atoms with Gasteiger partial charge in [-0.3, -0.25) is 14.6 Å². The molecular formula is C21H20N4O4. The molecule has 8 nitrogen and oxygen atoms in total. The number of carbonyl (C=O) groups is 2. The summed E-state index contributed by atoms with van der Waals surface area (Å²) in [5.74, 6) is -1.44. The van der Waals surface area contributed by atoms with Gasteiger partial charge in [-0.2, -0.15) is 5.10 Å². The van der Waals surface area contributed by atoms with Gasteiger partial charge in [-0.25, -0.2) is 9.48 Å². The van der Waals surface area contributed by atoms with Crippen LogP contribution in [0.25, 0.3) is 11.3 Å². The summed E-state index contributed by atoms with van der Waals surface area (Å²) < 4.78 is 1.24. The van der Waals surface area contributed by atoms with Crippen LogP contribution < -0.4 is 10.9 Å². The second-order valence-corrected chi connectivity index (χ2v) is 6.43. The van der Waals surface area contributed by atoms with Crippen molar-refractivity contribution in [1.29, 1.82) is 0 Å². The fourth-order valence-electron chi connectivity index (χ4n) is 3.14. The summed E-state index contributed by atoms with van der Waals surface area (Å²) >= 11 is 0. The molecule has 0 saturated carbocycles. The predicted octanol–water partition coefficient (Wildman–Crippen LogP) is 3.28. The highest BCUT2D eigenvalue weighted by molar-refractivity contribution is 6.06. The average Bonchev–Trinajstić information content (AvgIpc) is 2.70. The number of hydrogen-bond acceptors (Lipinski definition) is 6. The lowest BCUT2D eigenvalue weighted by Crippen LogP contribution is -2.28. The van der Waals surface area contributed by atoms with Crippen molar-refractivity contribution >= 4 is 23.1 Å². The van der Waals surface area contributed by atoms with Crippen LogP contribution in [0.5, 0.6) is 0 Å². The van der Waals surface area contributed by atoms with E-state index in [-0.39, 0.29) is 34.8 Å². The van der Waals surface area contributed by atoms with Gasteiger partial charge in [0.15, 0.2) is 5.78 Å². The van der Waals surface area contributed by atoms with Crippen LogP contribution in [0.4, 0.5) is 11.4 Å². The molecule has 29 heavy (non-hydrogen) atoms. The Morgan fingerprint density at radius 3 is 2.55 bits per heavy atom. The third-order valence-electron chi connectivity index (χ3n) is 4.56. The van der Waals surface area contributed by atoms with Gasteiger partial charge < -0.3 is 10.4 Å². The Morgan fingerprint density at radius 2 is 1.97 bits per heavy atom. The highest BCUT2D eigenvalue weighted by atomic mass is 16.4. The lowest BCUT2D eigenvalue weighted by atomic mass is 9.95. The molecule has 0 aliphatic rings. The van der Waals surface area contributed by atoms with Gasteiger partial charge >= 0.3 is 5.97 Å². The molecule has 0 aliphatic carbocycles. The third-order valence-corrected chi connectivity index (χ3v) is 4.56. The zero-order valence-electron chi connectivity index (χ0n) is 16.3. The summed E-state index contributed by atoms with van der Waals surface area (Å²) in [6.45, 7) is 5.05. The van der Waals surface area contributed by atoms with Crippen LogP contribution in [-0.2, 0) is 6.54 Å². The highest BCUT2D eigenvalue weighted by Gasteiger charge is 2.24. The first-order chi connectivity index (χ1) is 13.8. The van der Waals surface area contributed by atoms with Crippen molar-refractivity contribution in [3.63, 3.8) is 0 Å². The third kappa shape index (κ3) is 3.77. The van der Waals surface area contributed by atoms with Gasteiger partial charge in [0, 0.05) is 18.3 Å². The van der Waals surface area contributed by atoms with Gasteiger partial charge in [0.25, 0.3) is 5.56 Å². The van der Waals surface area contributed by atoms with Crippen LogP contribution in [0.2, 0.25) is 0 Å². The summed E-state index contributed by atoms with van der Waals surface area (Å²) in [6, 6.07) is 8.20. The van der Waals surface area contributed by atoms with Crippen molar-refractivity contribution in [2.45, 2.75) is 27.3 Å². The summed E-state index contributed by atoms with van der Waals surface area (Å²) in [7, 11) is 0. The molecule has 3 aromatic rings. The number of carbonyl (C=O) groups excluding carboxylic acids is 1. The number of aromatic nitrogens is 3. The Morgan fingerprint density at radius 1 is 1.21 bits per heavy atom. The van der Waals surface area contributed by atoms with E-state index in [0.717, 1.165) is 0 Å². The monoisotopic (exact) mass is 392 g/mol. The van der Waals surface area contributed by atoms with E-state index in [1.54, 1.807) is 44.3 Å². The first-order valence-electron chi connectivity index (χ1n) is 9.01. The van der Waals surface area contributed by atoms with Crippen LogP contribution >= 0.6 is 0 Å². The number of ketones is 1. The predicted molar refractivity (Wildman–Crippen MR) is 109 cm³/mol. The summed E-state index contributed by atoms with van der Waals surface area (Å²) in [6.07, 6.45) is 3.14. The van der Waals surface area contributed by atoms with E-state index in [4.69, 9.17) is 0 Å². The number of nitrogens with zero attached hydrogens (tertiary/aromatic N) is 3. The van der Waals surface area contributed by atoms with E-state index in [1.165, 1.54) is 23.9 Å². The lowest BCUT2D eigenvalue weighted by molar-refractivity contribution is 0.0696. The zero-order chi connectivity index (χ0) is 21.1. The molecule has 0 bridgehead atoms. The molecule has 3 rings (SSSR count). The summed E-state index contributed by atoms with van der Waals surface area (Å²) in [5, 5.41) is 16.8. The molecule has 2 N–H and O–H groups in total. The smallest absolute Gasteiger partial charge is 0.335 e. The number of pyridine rings is 1. The molecule has 0 fully saturated rings. The Bertz CT molecular complexity index is 1150. The zero-order valence-corrected chi connectivity index (χ0v) is 16.3. The van der Waals surface area contributed by atoms with E-state index in [0.29, 0.717) is 16.8 Å². The van der Waals surface area contributed by atoms with E-state index in [1.807, 2.05) is 0 Å². The number of anilines is 2. The standard InChI is InChI=1S/C21H20N4O4/c1-4-25-20(27)19(23-14-7-6-10-22-11-14)17(13(3)26)18(24-25)15-8-5-9-16(12(15)2)21(28)29/h5-11,23H,4H2,1-3H3,(H,28,29). The lowest BCUT2D eigenvalue weighted by Gasteiger charge is -2.17. The fraction of sp³-hybridized carbons (Fsp3) is 0.190. The van der Waals surface area contributed by atoms with Crippen LogP contribution in [0.15, 0.2) is 47.5 Å². The van der Waals surface area contributed by atoms with Crippen molar-refractivity contribution in [3.05, 3.63) is 69.8 Å². The number of aromatic carboxylic acids is 1. The van der Waals surface area contributed by atoms with E-state index in [2.05, 4.69) is 15.4 Å². The largest absolute Gasteiger partial charge is 0.478 e. The number of rotatable bonds is 6. The first kappa shape index (κ1) is 19.9. The number of Topliss-reactive ketones (excluding diaryl/α,β-unsaturated/α-hetero) is 1. The molecule has 148 valence electrons. The van der Waals surface area contributed by atoms with Crippen molar-refractivity contribution in [2.75, 3.05) is 5.32 Å². The van der Waals surface area contributed by atoms with Gasteiger partial charge in [-0.05, 0) is 44.5 Å². The quantitative estimate of drug-likeness (QED) is 0.619. The van der Waals surface area contributed by atoms with E-state index < -0.39 is 11.5 Å². The Hall–Kier alpha value is -3.81. The molecular weight excluding hydrogens is 372 g/mol. The van der Waals surface area contributed by atoms with Crippen molar-refractivity contribution < 1.29 is 14.7 Å². The normalized spacial score (nSPS) is 10.6. The number of benzene rings is 1. The molecule has 1 aromatic carbocycles. The van der Waals surface area contributed by atoms with Gasteiger partial charge in [0.05, 0.1) is 23.0 Å². The van der Waals surface area contributed by atoms with Gasteiger partial charge in [-0.1, -0.05) is 12.1 Å². The number of carboxylic acids is 1. The molecule has 0 spiro atoms. The Kier molecular flexibility index (Phi) is 5.54. The average molecular weight is 392 g/mol. The molecule has 8 heteroatoms. The first-order valence-corrected chi connectivity index (χ1v) is 9.01. The minimum Gasteiger partial charge on any atom is -0.478 e. The highest BCUT2D eigenvalue weighted by Crippen LogP contribution is 2.31. The van der Waals surface area contributed by atoms with Crippen LogP contribution in [0.3, 0.4) is 0 Å². The second kappa shape index (κ2) is 8.05. The minimum absolute atomic E-state index is 0.0810. The minimum atomic E-state index is -1.08. The molecule has 0 amide bonds. The molecule has 0 aliphatic heterocycles. The molecule has 0 saturated heterocycles. The van der Waals surface area contributed by atoms with Gasteiger partial charge in [-0.15, -0.1) is 0 Å². The molecule has 2 heterocycles. The van der Waals surface area contributed by atoms with Crippen molar-refractivity contribution in [2.24, 2.45) is 0 Å². The summed E-state index contributed by atoms with van der Waals surface area (Å²) in [4.78, 5) is 41.1. The maximum atomic E-state index is 12.9. The number of hydrogen-bond donors (Lipinski definition) is 2. The molecule has 0 unspecified atom stereocenters. The summed E-state index contributed by atoms with van der Waals surface area (Å²) in [5.41, 5.74) is 1.59. The molecule has 0 radical (unpaired) electrons. The maximum absolute atomic E-state index is 12.9. The molecule has 2 aromatic heterocycles. The van der Waals surface area contributed by atoms with E-state index in [9.17, 15) is 19.5 Å². The number of aryl methyl sites for hydroxylation is 1. The van der Waals surface area contributed by atoms with Gasteiger partial charge in [0.1, 0.15) is 11.4 Å². The second-order valence-electron chi connectivity index (χ2n) is 6.43. The van der Waals surface area contributed by atoms with Crippen molar-refractivity contribution in [1.82, 2.24) is 14.8 Å². The maximum Gasteiger partial charge on any atom is 0.335 e. The number of nitrogens with one attached hydrogen (secondary N) is 1. The SMILES string of the molecule is CCn1nc(-c2cccc(C(=O)O)c2C)c(C(C)=O)c(Nc2cccnc2)c1=O. The van der Waals surface area contributed by atoms with Crippen LogP contribution in [0, 0.1) is 6.92 Å². The Labute approximate surface area is 166 Å². The van der Waals surface area contributed by atoms with Crippen LogP contribution in [-0.4, -0.2) is 31.6 Å². The van der Waals surface area contributed by atoms with Crippen molar-refractivity contribution in [3.8, 4) is 11.3 Å². The van der Waals surface area contributed by atoms with E-state index >= 15 is 0 Å². The topological polar surface area (TPSA) is 114 Å². The van der Waals surface area contributed by atoms with Gasteiger partial charge in [0.2, 0.25) is 0 Å². The van der Waals surface area contributed by atoms with Crippen LogP contribution in [0.1, 0.15) is 40.1 Å². The molecule has 0 atom stereocenters. The fourth-order valence-corrected chi connectivity index (χ4v) is 3.14.